The maximum atomic E-state index is 13.2. The first-order valence-electron chi connectivity index (χ1n) is 6.67. The molecule has 0 aliphatic heterocycles. The van der Waals surface area contributed by atoms with Gasteiger partial charge in [-0.15, -0.1) is 0 Å². The topological polar surface area (TPSA) is 51.0 Å². The summed E-state index contributed by atoms with van der Waals surface area (Å²) in [5.41, 5.74) is 0.949. The zero-order valence-electron chi connectivity index (χ0n) is 12.0. The minimum Gasteiger partial charge on any atom is -0.311 e. The summed E-state index contributed by atoms with van der Waals surface area (Å²) >= 11 is 7.82. The monoisotopic (exact) mass is 340 g/mol. The molecule has 1 aliphatic carbocycles. The Morgan fingerprint density at radius 3 is 2.95 bits per heavy atom. The van der Waals surface area contributed by atoms with Gasteiger partial charge in [0.2, 0.25) is 5.91 Å². The summed E-state index contributed by atoms with van der Waals surface area (Å²) in [6, 6.07) is 1.30. The zero-order chi connectivity index (χ0) is 15.9. The van der Waals surface area contributed by atoms with Gasteiger partial charge in [-0.1, -0.05) is 11.6 Å². The largest absolute Gasteiger partial charge is 0.311 e. The van der Waals surface area contributed by atoms with E-state index in [1.54, 1.807) is 25.0 Å². The van der Waals surface area contributed by atoms with Gasteiger partial charge in [0.15, 0.2) is 5.15 Å². The molecule has 1 aliphatic rings. The van der Waals surface area contributed by atoms with Crippen LogP contribution in [0.4, 0.5) is 10.1 Å². The van der Waals surface area contributed by atoms with Gasteiger partial charge in [-0.3, -0.25) is 9.78 Å². The molecule has 1 amide bonds. The number of hydrogen-bond acceptors (Lipinski definition) is 4. The van der Waals surface area contributed by atoms with E-state index in [0.717, 1.165) is 12.6 Å². The molecule has 0 bridgehead atoms. The smallest absolute Gasteiger partial charge is 0.231 e. The van der Waals surface area contributed by atoms with E-state index in [-0.39, 0.29) is 17.0 Å². The number of carbonyl (C=O) groups is 1. The van der Waals surface area contributed by atoms with Crippen LogP contribution >= 0.6 is 23.4 Å². The number of pyridine rings is 1. The number of aromatic nitrogens is 3. The Morgan fingerprint density at radius 1 is 1.55 bits per heavy atom. The van der Waals surface area contributed by atoms with E-state index in [0.29, 0.717) is 16.6 Å². The van der Waals surface area contributed by atoms with E-state index in [1.807, 2.05) is 6.26 Å². The van der Waals surface area contributed by atoms with Crippen LogP contribution in [0.1, 0.15) is 6.42 Å². The van der Waals surface area contributed by atoms with Crippen LogP contribution in [0.2, 0.25) is 5.15 Å². The second-order valence-electron chi connectivity index (χ2n) is 5.12. The number of rotatable bonds is 4. The highest BCUT2D eigenvalue weighted by Gasteiger charge is 2.44. The SMILES string of the molecule is CSC1CC1C(=O)N(C)c1cn(-c2cncc(F)c2)nc1Cl. The lowest BCUT2D eigenvalue weighted by Gasteiger charge is -2.15. The van der Waals surface area contributed by atoms with Crippen molar-refractivity contribution in [3.8, 4) is 5.69 Å². The Labute approximate surface area is 136 Å². The van der Waals surface area contributed by atoms with Gasteiger partial charge in [0.25, 0.3) is 0 Å². The van der Waals surface area contributed by atoms with E-state index in [4.69, 9.17) is 11.6 Å². The molecular weight excluding hydrogens is 327 g/mol. The Balaban J connectivity index is 1.85. The average molecular weight is 341 g/mol. The van der Waals surface area contributed by atoms with Crippen LogP contribution in [0.25, 0.3) is 5.69 Å². The quantitative estimate of drug-likeness (QED) is 0.858. The summed E-state index contributed by atoms with van der Waals surface area (Å²) in [5.74, 6) is -0.399. The standard InChI is InChI=1S/C14H14ClFN4OS/c1-19(14(21)10-4-12(10)22-2)11-7-20(18-13(11)15)9-3-8(16)5-17-6-9/h3,5-7,10,12H,4H2,1-2H3. The first-order valence-corrected chi connectivity index (χ1v) is 8.34. The fourth-order valence-corrected chi connectivity index (χ4v) is 3.39. The van der Waals surface area contributed by atoms with E-state index in [9.17, 15) is 9.18 Å². The third kappa shape index (κ3) is 2.83. The molecule has 2 atom stereocenters. The van der Waals surface area contributed by atoms with E-state index in [2.05, 4.69) is 10.1 Å². The number of thioether (sulfide) groups is 1. The fraction of sp³-hybridized carbons (Fsp3) is 0.357. The van der Waals surface area contributed by atoms with Crippen molar-refractivity contribution in [1.82, 2.24) is 14.8 Å². The molecule has 5 nitrogen and oxygen atoms in total. The third-order valence-corrected chi connectivity index (χ3v) is 5.05. The second kappa shape index (κ2) is 5.89. The molecule has 116 valence electrons. The Morgan fingerprint density at radius 2 is 2.32 bits per heavy atom. The maximum Gasteiger partial charge on any atom is 0.231 e. The van der Waals surface area contributed by atoms with Gasteiger partial charge in [-0.25, -0.2) is 9.07 Å². The number of hydrogen-bond donors (Lipinski definition) is 0. The molecule has 0 N–H and O–H groups in total. The van der Waals surface area contributed by atoms with Crippen LogP contribution in [-0.4, -0.2) is 39.2 Å². The molecule has 0 saturated heterocycles. The number of nitrogens with zero attached hydrogens (tertiary/aromatic N) is 4. The van der Waals surface area contributed by atoms with Gasteiger partial charge in [-0.2, -0.15) is 16.9 Å². The summed E-state index contributed by atoms with van der Waals surface area (Å²) < 4.78 is 14.7. The maximum absolute atomic E-state index is 13.2. The number of halogens is 2. The molecule has 0 spiro atoms. The van der Waals surface area contributed by atoms with Crippen LogP contribution in [0.5, 0.6) is 0 Å². The van der Waals surface area contributed by atoms with Crippen LogP contribution in [0.15, 0.2) is 24.7 Å². The third-order valence-electron chi connectivity index (χ3n) is 3.65. The average Bonchev–Trinajstić information content (AvgIpc) is 3.20. The number of amides is 1. The molecule has 2 heterocycles. The first-order chi connectivity index (χ1) is 10.5. The zero-order valence-corrected chi connectivity index (χ0v) is 13.6. The minimum atomic E-state index is -0.462. The summed E-state index contributed by atoms with van der Waals surface area (Å²) in [6.45, 7) is 0. The lowest BCUT2D eigenvalue weighted by atomic mass is 10.3. The highest BCUT2D eigenvalue weighted by Crippen LogP contribution is 2.42. The van der Waals surface area contributed by atoms with Crippen molar-refractivity contribution in [1.29, 1.82) is 0 Å². The summed E-state index contributed by atoms with van der Waals surface area (Å²) in [7, 11) is 1.68. The summed E-state index contributed by atoms with van der Waals surface area (Å²) in [4.78, 5) is 17.7. The van der Waals surface area contributed by atoms with Gasteiger partial charge < -0.3 is 4.90 Å². The van der Waals surface area contributed by atoms with Gasteiger partial charge in [-0.05, 0) is 12.7 Å². The van der Waals surface area contributed by atoms with E-state index < -0.39 is 5.82 Å². The van der Waals surface area contributed by atoms with Crippen molar-refractivity contribution in [2.24, 2.45) is 5.92 Å². The van der Waals surface area contributed by atoms with Gasteiger partial charge in [0, 0.05) is 18.4 Å². The van der Waals surface area contributed by atoms with E-state index in [1.165, 1.54) is 21.8 Å². The van der Waals surface area contributed by atoms with Gasteiger partial charge in [0.05, 0.1) is 30.2 Å². The first kappa shape index (κ1) is 15.3. The van der Waals surface area contributed by atoms with Crippen LogP contribution in [-0.2, 0) is 4.79 Å². The van der Waals surface area contributed by atoms with Crippen molar-refractivity contribution in [2.75, 3.05) is 18.2 Å². The highest BCUT2D eigenvalue weighted by molar-refractivity contribution is 7.99. The van der Waals surface area contributed by atoms with Crippen LogP contribution in [0.3, 0.4) is 0 Å². The second-order valence-corrected chi connectivity index (χ2v) is 6.56. The molecule has 0 radical (unpaired) electrons. The predicted octanol–water partition coefficient (Wildman–Crippen LogP) is 2.77. The summed E-state index contributed by atoms with van der Waals surface area (Å²) in [5, 5.41) is 4.70. The highest BCUT2D eigenvalue weighted by atomic mass is 35.5. The van der Waals surface area contributed by atoms with E-state index >= 15 is 0 Å². The molecule has 2 aromatic rings. The molecule has 22 heavy (non-hydrogen) atoms. The molecular formula is C14H14ClFN4OS. The Hall–Kier alpha value is -1.60. The van der Waals surface area contributed by atoms with Crippen LogP contribution in [0, 0.1) is 11.7 Å². The number of anilines is 1. The lowest BCUT2D eigenvalue weighted by Crippen LogP contribution is -2.28. The Bertz CT molecular complexity index is 723. The predicted molar refractivity (Wildman–Crippen MR) is 85.1 cm³/mol. The molecule has 2 aromatic heterocycles. The van der Waals surface area contributed by atoms with Crippen molar-refractivity contribution >= 4 is 35.0 Å². The van der Waals surface area contributed by atoms with Crippen molar-refractivity contribution in [3.05, 3.63) is 35.6 Å². The van der Waals surface area contributed by atoms with Crippen molar-refractivity contribution in [3.63, 3.8) is 0 Å². The molecule has 8 heteroatoms. The van der Waals surface area contributed by atoms with Gasteiger partial charge in [0.1, 0.15) is 11.5 Å². The molecule has 0 aromatic carbocycles. The number of carbonyl (C=O) groups excluding carboxylic acids is 1. The van der Waals surface area contributed by atoms with Crippen molar-refractivity contribution in [2.45, 2.75) is 11.7 Å². The normalized spacial score (nSPS) is 20.0. The van der Waals surface area contributed by atoms with Gasteiger partial charge >= 0.3 is 0 Å². The Kier molecular flexibility index (Phi) is 4.10. The molecule has 1 fully saturated rings. The van der Waals surface area contributed by atoms with Crippen LogP contribution < -0.4 is 4.90 Å². The lowest BCUT2D eigenvalue weighted by molar-refractivity contribution is -0.119. The molecule has 1 saturated carbocycles. The minimum absolute atomic E-state index is 0.0261. The summed E-state index contributed by atoms with van der Waals surface area (Å²) in [6.07, 6.45) is 7.08. The fourth-order valence-electron chi connectivity index (χ4n) is 2.29. The molecule has 3 rings (SSSR count). The molecule has 2 unspecified atom stereocenters. The van der Waals surface area contributed by atoms with Crippen molar-refractivity contribution < 1.29 is 9.18 Å².